The van der Waals surface area contributed by atoms with Gasteiger partial charge in [-0.15, -0.1) is 11.8 Å². The molecule has 0 aliphatic rings. The number of hydrogen-bond acceptors (Lipinski definition) is 5. The molecule has 0 unspecified atom stereocenters. The van der Waals surface area contributed by atoms with E-state index in [1.165, 1.54) is 0 Å². The molecule has 5 aromatic rings. The molecule has 0 aliphatic carbocycles. The van der Waals surface area contributed by atoms with Crippen LogP contribution in [0.25, 0.3) is 10.8 Å². The number of nitrogens with one attached hydrogen (secondary N) is 1. The molecule has 1 amide bonds. The molecule has 6 nitrogen and oxygen atoms in total. The molecule has 46 heavy (non-hydrogen) atoms. The number of thioether (sulfide) groups is 1. The van der Waals surface area contributed by atoms with Crippen molar-refractivity contribution in [2.45, 2.75) is 37.2 Å². The Morgan fingerprint density at radius 3 is 1.74 bits per heavy atom. The maximum atomic E-state index is 13.2. The Morgan fingerprint density at radius 2 is 1.24 bits per heavy atom. The number of carboxylic acids is 1. The smallest absolute Gasteiger partial charge is 0.407 e. The first-order valence-electron chi connectivity index (χ1n) is 15.3. The third-order valence-corrected chi connectivity index (χ3v) is 9.51. The number of carboxylic acid groups (broad SMARTS) is 1. The SMILES string of the molecule is CN(C[C@H](CSC(c1ccccc1)(c1ccccc1)c1ccccc1)NC(=O)OC(C)(C)C)c1cccc2c(C(=O)O)cccc12. The largest absolute Gasteiger partial charge is 0.478 e. The van der Waals surface area contributed by atoms with E-state index in [0.29, 0.717) is 17.7 Å². The molecule has 0 bridgehead atoms. The molecule has 1 atom stereocenters. The Morgan fingerprint density at radius 1 is 0.739 bits per heavy atom. The molecule has 0 spiro atoms. The maximum Gasteiger partial charge on any atom is 0.407 e. The first-order chi connectivity index (χ1) is 22.1. The second-order valence-electron chi connectivity index (χ2n) is 12.3. The predicted octanol–water partition coefficient (Wildman–Crippen LogP) is 8.59. The second-order valence-corrected chi connectivity index (χ2v) is 13.5. The Kier molecular flexibility index (Phi) is 10.0. The van der Waals surface area contributed by atoms with Crippen molar-refractivity contribution in [2.75, 3.05) is 24.2 Å². The number of ether oxygens (including phenoxy) is 1. The van der Waals surface area contributed by atoms with Gasteiger partial charge in [-0.05, 0) is 55.0 Å². The van der Waals surface area contributed by atoms with E-state index >= 15 is 0 Å². The quantitative estimate of drug-likeness (QED) is 0.142. The highest BCUT2D eigenvalue weighted by atomic mass is 32.2. The molecular weight excluding hydrogens is 593 g/mol. The first kappa shape index (κ1) is 32.6. The monoisotopic (exact) mass is 632 g/mol. The van der Waals surface area contributed by atoms with E-state index in [1.54, 1.807) is 23.9 Å². The van der Waals surface area contributed by atoms with Gasteiger partial charge in [-0.2, -0.15) is 0 Å². The van der Waals surface area contributed by atoms with Gasteiger partial charge in [0.25, 0.3) is 0 Å². The number of anilines is 1. The van der Waals surface area contributed by atoms with Crippen molar-refractivity contribution < 1.29 is 19.4 Å². The fourth-order valence-corrected chi connectivity index (χ4v) is 7.40. The van der Waals surface area contributed by atoms with Gasteiger partial charge in [-0.1, -0.05) is 115 Å². The van der Waals surface area contributed by atoms with Crippen molar-refractivity contribution in [1.29, 1.82) is 0 Å². The maximum absolute atomic E-state index is 13.2. The van der Waals surface area contributed by atoms with Crippen molar-refractivity contribution in [3.63, 3.8) is 0 Å². The fourth-order valence-electron chi connectivity index (χ4n) is 5.85. The lowest BCUT2D eigenvalue weighted by molar-refractivity contribution is 0.0510. The van der Waals surface area contributed by atoms with E-state index in [0.717, 1.165) is 27.8 Å². The van der Waals surface area contributed by atoms with Crippen LogP contribution >= 0.6 is 11.8 Å². The van der Waals surface area contributed by atoms with E-state index in [1.807, 2.05) is 70.3 Å². The van der Waals surface area contributed by atoms with Crippen LogP contribution in [0.4, 0.5) is 10.5 Å². The van der Waals surface area contributed by atoms with Gasteiger partial charge in [0.15, 0.2) is 0 Å². The summed E-state index contributed by atoms with van der Waals surface area (Å²) in [4.78, 5) is 27.3. The molecule has 0 aliphatic heterocycles. The van der Waals surface area contributed by atoms with E-state index in [2.05, 4.69) is 83.0 Å². The molecule has 0 heterocycles. The number of aromatic carboxylic acids is 1. The third kappa shape index (κ3) is 7.37. The molecule has 5 rings (SSSR count). The third-order valence-electron chi connectivity index (χ3n) is 7.80. The van der Waals surface area contributed by atoms with Crippen LogP contribution < -0.4 is 10.2 Å². The van der Waals surface area contributed by atoms with Crippen LogP contribution in [0.1, 0.15) is 47.8 Å². The Hall–Kier alpha value is -4.75. The van der Waals surface area contributed by atoms with Gasteiger partial charge in [0.1, 0.15) is 5.60 Å². The molecule has 0 fully saturated rings. The molecule has 5 aromatic carbocycles. The number of rotatable bonds is 11. The highest BCUT2D eigenvalue weighted by molar-refractivity contribution is 8.00. The van der Waals surface area contributed by atoms with Crippen molar-refractivity contribution >= 4 is 40.3 Å². The Balaban J connectivity index is 1.54. The van der Waals surface area contributed by atoms with Gasteiger partial charge in [0.2, 0.25) is 0 Å². The zero-order valence-electron chi connectivity index (χ0n) is 26.6. The van der Waals surface area contributed by atoms with Crippen LogP contribution in [-0.4, -0.2) is 48.2 Å². The molecular formula is C39H40N2O4S. The van der Waals surface area contributed by atoms with Gasteiger partial charge >= 0.3 is 12.1 Å². The first-order valence-corrected chi connectivity index (χ1v) is 16.3. The van der Waals surface area contributed by atoms with Crippen molar-refractivity contribution in [1.82, 2.24) is 5.32 Å². The molecule has 7 heteroatoms. The summed E-state index contributed by atoms with van der Waals surface area (Å²) in [5, 5.41) is 14.5. The van der Waals surface area contributed by atoms with E-state index in [9.17, 15) is 14.7 Å². The van der Waals surface area contributed by atoms with Crippen LogP contribution in [0.15, 0.2) is 127 Å². The zero-order valence-corrected chi connectivity index (χ0v) is 27.5. The van der Waals surface area contributed by atoms with Crippen LogP contribution in [0, 0.1) is 0 Å². The number of alkyl carbamates (subject to hydrolysis) is 1. The van der Waals surface area contributed by atoms with Crippen LogP contribution in [-0.2, 0) is 9.48 Å². The lowest BCUT2D eigenvalue weighted by Gasteiger charge is -2.37. The van der Waals surface area contributed by atoms with Crippen LogP contribution in [0.3, 0.4) is 0 Å². The van der Waals surface area contributed by atoms with E-state index in [-0.39, 0.29) is 11.6 Å². The minimum atomic E-state index is -0.967. The van der Waals surface area contributed by atoms with Gasteiger partial charge in [-0.25, -0.2) is 9.59 Å². The Labute approximate surface area is 275 Å². The standard InChI is InChI=1S/C39H40N2O4S/c1-38(2,3)45-37(44)40-31(26-41(4)35-25-15-22-32-33(35)23-14-24-34(32)36(42)43)27-46-39(28-16-8-5-9-17-28,29-18-10-6-11-19-29)30-20-12-7-13-21-30/h5-25,31H,26-27H2,1-4H3,(H,40,44)(H,42,43)/t31-/m1/s1. The summed E-state index contributed by atoms with van der Waals surface area (Å²) in [6.07, 6.45) is -0.484. The summed E-state index contributed by atoms with van der Waals surface area (Å²) >= 11 is 1.77. The number of hydrogen-bond donors (Lipinski definition) is 2. The molecule has 0 aromatic heterocycles. The molecule has 236 valence electrons. The number of carbonyl (C=O) groups is 2. The minimum Gasteiger partial charge on any atom is -0.478 e. The summed E-state index contributed by atoms with van der Waals surface area (Å²) < 4.78 is 5.15. The summed E-state index contributed by atoms with van der Waals surface area (Å²) in [5.74, 6) is -0.418. The number of likely N-dealkylation sites (N-methyl/N-ethyl adjacent to an activating group) is 1. The summed E-state index contributed by atoms with van der Waals surface area (Å²) in [7, 11) is 1.97. The normalized spacial score (nSPS) is 12.3. The average molecular weight is 633 g/mol. The van der Waals surface area contributed by atoms with Crippen molar-refractivity contribution in [3.05, 3.63) is 150 Å². The lowest BCUT2D eigenvalue weighted by atomic mass is 9.84. The summed E-state index contributed by atoms with van der Waals surface area (Å²) in [6.45, 7) is 6.01. The van der Waals surface area contributed by atoms with Crippen molar-refractivity contribution in [2.24, 2.45) is 0 Å². The number of benzene rings is 5. The molecule has 0 saturated heterocycles. The summed E-state index contributed by atoms with van der Waals surface area (Å²) in [6, 6.07) is 42.1. The number of nitrogens with zero attached hydrogens (tertiary/aromatic N) is 1. The van der Waals surface area contributed by atoms with Crippen LogP contribution in [0.2, 0.25) is 0 Å². The fraction of sp³-hybridized carbons (Fsp3) is 0.231. The number of fused-ring (bicyclic) bond motifs is 1. The molecule has 2 N–H and O–H groups in total. The average Bonchev–Trinajstić information content (AvgIpc) is 3.05. The Bertz CT molecular complexity index is 1680. The van der Waals surface area contributed by atoms with Gasteiger partial charge in [-0.3, -0.25) is 0 Å². The van der Waals surface area contributed by atoms with E-state index < -0.39 is 22.4 Å². The topological polar surface area (TPSA) is 78.9 Å². The van der Waals surface area contributed by atoms with Gasteiger partial charge in [0, 0.05) is 30.4 Å². The number of amides is 1. The van der Waals surface area contributed by atoms with Crippen LogP contribution in [0.5, 0.6) is 0 Å². The zero-order chi connectivity index (χ0) is 32.7. The molecule has 0 saturated carbocycles. The number of carbonyl (C=O) groups excluding carboxylic acids is 1. The molecule has 0 radical (unpaired) electrons. The highest BCUT2D eigenvalue weighted by Gasteiger charge is 2.38. The minimum absolute atomic E-state index is 0.255. The van der Waals surface area contributed by atoms with E-state index in [4.69, 9.17) is 4.74 Å². The lowest BCUT2D eigenvalue weighted by Crippen LogP contribution is -2.47. The highest BCUT2D eigenvalue weighted by Crippen LogP contribution is 2.48. The van der Waals surface area contributed by atoms with Crippen molar-refractivity contribution in [3.8, 4) is 0 Å². The second kappa shape index (κ2) is 14.1. The summed E-state index contributed by atoms with van der Waals surface area (Å²) in [5.41, 5.74) is 3.89. The van der Waals surface area contributed by atoms with Gasteiger partial charge < -0.3 is 20.1 Å². The predicted molar refractivity (Wildman–Crippen MR) is 189 cm³/mol. The van der Waals surface area contributed by atoms with Gasteiger partial charge in [0.05, 0.1) is 16.4 Å².